The number of rotatable bonds is 2. The zero-order valence-corrected chi connectivity index (χ0v) is 7.34. The summed E-state index contributed by atoms with van der Waals surface area (Å²) in [6.45, 7) is 0. The number of hydrogen-bond donors (Lipinski definition) is 1. The molecule has 1 aromatic rings. The minimum Gasteiger partial charge on any atom is -0.503 e. The van der Waals surface area contributed by atoms with E-state index in [9.17, 15) is 8.78 Å². The van der Waals surface area contributed by atoms with E-state index in [1.807, 2.05) is 0 Å². The van der Waals surface area contributed by atoms with Gasteiger partial charge in [0.25, 0.3) is 0 Å². The van der Waals surface area contributed by atoms with Crippen LogP contribution in [-0.4, -0.2) is 12.2 Å². The molecule has 0 amide bonds. The lowest BCUT2D eigenvalue weighted by Crippen LogP contribution is -1.96. The highest BCUT2D eigenvalue weighted by molar-refractivity contribution is 5.42. The Kier molecular flexibility index (Phi) is 2.87. The molecule has 1 N–H and O–H groups in total. The van der Waals surface area contributed by atoms with E-state index in [4.69, 9.17) is 10.4 Å². The van der Waals surface area contributed by atoms with Crippen LogP contribution in [0.2, 0.25) is 0 Å². The summed E-state index contributed by atoms with van der Waals surface area (Å²) >= 11 is 0. The number of benzene rings is 1. The van der Waals surface area contributed by atoms with Crippen molar-refractivity contribution in [2.45, 2.75) is 6.42 Å². The second-order valence-corrected chi connectivity index (χ2v) is 2.55. The highest BCUT2D eigenvalue weighted by atomic mass is 19.1. The van der Waals surface area contributed by atoms with Crippen molar-refractivity contribution in [2.75, 3.05) is 7.11 Å². The fourth-order valence-corrected chi connectivity index (χ4v) is 1.01. The van der Waals surface area contributed by atoms with Crippen LogP contribution < -0.4 is 4.74 Å². The van der Waals surface area contributed by atoms with Crippen molar-refractivity contribution in [1.82, 2.24) is 0 Å². The third-order valence-electron chi connectivity index (χ3n) is 1.71. The van der Waals surface area contributed by atoms with E-state index in [1.165, 1.54) is 7.11 Å². The summed E-state index contributed by atoms with van der Waals surface area (Å²) in [7, 11) is 1.19. The lowest BCUT2D eigenvalue weighted by Gasteiger charge is -2.07. The van der Waals surface area contributed by atoms with Gasteiger partial charge in [-0.2, -0.15) is 9.65 Å². The molecule has 0 aromatic heterocycles. The zero-order chi connectivity index (χ0) is 10.7. The Bertz CT molecular complexity index is 399. The van der Waals surface area contributed by atoms with Gasteiger partial charge in [-0.05, 0) is 6.07 Å². The molecule has 0 heterocycles. The van der Waals surface area contributed by atoms with Gasteiger partial charge in [-0.3, -0.25) is 0 Å². The summed E-state index contributed by atoms with van der Waals surface area (Å²) in [6, 6.07) is 2.74. The molecule has 0 aliphatic heterocycles. The Hall–Kier alpha value is -1.83. The molecule has 0 fully saturated rings. The summed E-state index contributed by atoms with van der Waals surface area (Å²) < 4.78 is 30.6. The number of nitrogens with zero attached hydrogens (tertiary/aromatic N) is 1. The predicted molar refractivity (Wildman–Crippen MR) is 43.9 cm³/mol. The van der Waals surface area contributed by atoms with Crippen LogP contribution in [0.1, 0.15) is 5.56 Å². The monoisotopic (exact) mass is 199 g/mol. The van der Waals surface area contributed by atoms with E-state index in [0.717, 1.165) is 6.07 Å². The first-order valence-electron chi connectivity index (χ1n) is 3.72. The molecule has 0 unspecified atom stereocenters. The second kappa shape index (κ2) is 3.92. The molecule has 0 bridgehead atoms. The topological polar surface area (TPSA) is 53.2 Å². The highest BCUT2D eigenvalue weighted by Crippen LogP contribution is 2.31. The van der Waals surface area contributed by atoms with Crippen molar-refractivity contribution in [3.05, 3.63) is 23.3 Å². The minimum atomic E-state index is -1.16. The van der Waals surface area contributed by atoms with Gasteiger partial charge in [-0.15, -0.1) is 0 Å². The Morgan fingerprint density at radius 3 is 2.64 bits per heavy atom. The Morgan fingerprint density at radius 2 is 2.14 bits per heavy atom. The summed E-state index contributed by atoms with van der Waals surface area (Å²) in [5.41, 5.74) is -0.0942. The normalized spacial score (nSPS) is 9.57. The van der Waals surface area contributed by atoms with Crippen molar-refractivity contribution in [1.29, 1.82) is 5.26 Å². The van der Waals surface area contributed by atoms with Gasteiger partial charge in [-0.1, -0.05) is 0 Å². The first-order chi connectivity index (χ1) is 6.61. The molecule has 0 saturated heterocycles. The Morgan fingerprint density at radius 1 is 1.50 bits per heavy atom. The number of halogens is 2. The van der Waals surface area contributed by atoms with Crippen LogP contribution in [0.25, 0.3) is 0 Å². The van der Waals surface area contributed by atoms with Crippen molar-refractivity contribution in [2.24, 2.45) is 0 Å². The number of ether oxygens (including phenoxy) is 1. The van der Waals surface area contributed by atoms with E-state index in [2.05, 4.69) is 4.74 Å². The van der Waals surface area contributed by atoms with Gasteiger partial charge in [0.1, 0.15) is 0 Å². The molecule has 0 radical (unpaired) electrons. The number of methoxy groups -OCH3 is 1. The number of aromatic hydroxyl groups is 1. The molecule has 3 nitrogen and oxygen atoms in total. The maximum absolute atomic E-state index is 13.1. The van der Waals surface area contributed by atoms with Crippen molar-refractivity contribution in [3.63, 3.8) is 0 Å². The van der Waals surface area contributed by atoms with Gasteiger partial charge in [-0.25, -0.2) is 4.39 Å². The Balaban J connectivity index is 3.34. The van der Waals surface area contributed by atoms with E-state index in [1.54, 1.807) is 6.07 Å². The number of hydrogen-bond acceptors (Lipinski definition) is 3. The van der Waals surface area contributed by atoms with Crippen molar-refractivity contribution < 1.29 is 18.6 Å². The summed E-state index contributed by atoms with van der Waals surface area (Å²) in [4.78, 5) is 0. The summed E-state index contributed by atoms with van der Waals surface area (Å²) in [5, 5.41) is 17.3. The van der Waals surface area contributed by atoms with Gasteiger partial charge in [0.05, 0.1) is 19.6 Å². The molecule has 0 spiro atoms. The van der Waals surface area contributed by atoms with E-state index < -0.39 is 17.4 Å². The molecule has 1 rings (SSSR count). The Labute approximate surface area is 79.2 Å². The molecule has 0 saturated carbocycles. The smallest absolute Gasteiger partial charge is 0.209 e. The predicted octanol–water partition coefficient (Wildman–Crippen LogP) is 1.75. The third-order valence-corrected chi connectivity index (χ3v) is 1.71. The largest absolute Gasteiger partial charge is 0.503 e. The van der Waals surface area contributed by atoms with Crippen molar-refractivity contribution in [3.8, 4) is 17.6 Å². The summed E-state index contributed by atoms with van der Waals surface area (Å²) in [5.74, 6) is -3.68. The fraction of sp³-hybridized carbons (Fsp3) is 0.222. The van der Waals surface area contributed by atoms with Gasteiger partial charge < -0.3 is 9.84 Å². The third kappa shape index (κ3) is 1.59. The SMILES string of the molecule is COc1cc(CC#N)c(F)c(O)c1F. The fourth-order valence-electron chi connectivity index (χ4n) is 1.01. The maximum Gasteiger partial charge on any atom is 0.209 e. The van der Waals surface area contributed by atoms with Gasteiger partial charge >= 0.3 is 0 Å². The van der Waals surface area contributed by atoms with Crippen LogP contribution >= 0.6 is 0 Å². The van der Waals surface area contributed by atoms with Crippen LogP contribution in [-0.2, 0) is 6.42 Å². The van der Waals surface area contributed by atoms with Crippen molar-refractivity contribution >= 4 is 0 Å². The molecular weight excluding hydrogens is 192 g/mol. The van der Waals surface area contributed by atoms with E-state index in [0.29, 0.717) is 0 Å². The lowest BCUT2D eigenvalue weighted by molar-refractivity contribution is 0.348. The molecular formula is C9H7F2NO2. The molecule has 74 valence electrons. The molecule has 0 atom stereocenters. The quantitative estimate of drug-likeness (QED) is 0.789. The van der Waals surface area contributed by atoms with Crippen LogP contribution in [0.4, 0.5) is 8.78 Å². The first kappa shape index (κ1) is 10.3. The van der Waals surface area contributed by atoms with Crippen LogP contribution in [0.15, 0.2) is 6.07 Å². The number of nitriles is 1. The average molecular weight is 199 g/mol. The second-order valence-electron chi connectivity index (χ2n) is 2.55. The van der Waals surface area contributed by atoms with Crippen LogP contribution in [0.3, 0.4) is 0 Å². The first-order valence-corrected chi connectivity index (χ1v) is 3.72. The van der Waals surface area contributed by atoms with Crippen LogP contribution in [0.5, 0.6) is 11.5 Å². The molecule has 14 heavy (non-hydrogen) atoms. The maximum atomic E-state index is 13.1. The van der Waals surface area contributed by atoms with E-state index >= 15 is 0 Å². The van der Waals surface area contributed by atoms with Gasteiger partial charge in [0, 0.05) is 5.56 Å². The minimum absolute atomic E-state index is 0.0942. The molecule has 1 aromatic carbocycles. The zero-order valence-electron chi connectivity index (χ0n) is 7.34. The molecule has 0 aliphatic rings. The van der Waals surface area contributed by atoms with Crippen LogP contribution in [0, 0.1) is 23.0 Å². The lowest BCUT2D eigenvalue weighted by atomic mass is 10.1. The van der Waals surface area contributed by atoms with E-state index in [-0.39, 0.29) is 17.7 Å². The molecule has 5 heteroatoms. The standard InChI is InChI=1S/C9H7F2NO2/c1-14-6-4-5(2-3-12)7(10)9(13)8(6)11/h4,13H,2H2,1H3. The summed E-state index contributed by atoms with van der Waals surface area (Å²) in [6.07, 6.45) is -0.254. The number of phenolic OH excluding ortho intramolecular Hbond substituents is 1. The number of phenols is 1. The average Bonchev–Trinajstić information content (AvgIpc) is 2.19. The van der Waals surface area contributed by atoms with Gasteiger partial charge in [0.2, 0.25) is 5.82 Å². The highest BCUT2D eigenvalue weighted by Gasteiger charge is 2.17. The van der Waals surface area contributed by atoms with Gasteiger partial charge in [0.15, 0.2) is 17.3 Å². The molecule has 0 aliphatic carbocycles.